The smallest absolute Gasteiger partial charge is 0.311 e. The molecule has 1 fully saturated rings. The summed E-state index contributed by atoms with van der Waals surface area (Å²) in [6.45, 7) is 4.29. The first-order valence-electron chi connectivity index (χ1n) is 9.23. The Morgan fingerprint density at radius 1 is 1.18 bits per heavy atom. The van der Waals surface area contributed by atoms with Crippen molar-refractivity contribution in [1.82, 2.24) is 9.88 Å². The van der Waals surface area contributed by atoms with Gasteiger partial charge in [-0.25, -0.2) is 4.98 Å². The zero-order valence-electron chi connectivity index (χ0n) is 16.0. The van der Waals surface area contributed by atoms with Gasteiger partial charge in [-0.2, -0.15) is 0 Å². The van der Waals surface area contributed by atoms with E-state index < -0.39 is 11.4 Å². The first-order valence-corrected chi connectivity index (χ1v) is 9.23. The summed E-state index contributed by atoms with van der Waals surface area (Å²) in [4.78, 5) is 29.8. The van der Waals surface area contributed by atoms with E-state index in [0.717, 1.165) is 0 Å². The van der Waals surface area contributed by atoms with Crippen molar-refractivity contribution in [2.45, 2.75) is 20.3 Å². The fourth-order valence-electron chi connectivity index (χ4n) is 3.31. The largest absolute Gasteiger partial charge is 0.484 e. The van der Waals surface area contributed by atoms with Gasteiger partial charge in [0, 0.05) is 25.4 Å². The maximum atomic E-state index is 12.4. The summed E-state index contributed by atoms with van der Waals surface area (Å²) in [6, 6.07) is 12.3. The molecule has 148 valence electrons. The van der Waals surface area contributed by atoms with Gasteiger partial charge in [-0.1, -0.05) is 19.9 Å². The van der Waals surface area contributed by atoms with Gasteiger partial charge in [-0.3, -0.25) is 9.59 Å². The maximum Gasteiger partial charge on any atom is 0.311 e. The highest BCUT2D eigenvalue weighted by atomic mass is 16.5. The zero-order valence-corrected chi connectivity index (χ0v) is 16.0. The Bertz CT molecular complexity index is 822. The number of aromatic nitrogens is 1. The Morgan fingerprint density at radius 2 is 1.89 bits per heavy atom. The molecule has 0 spiro atoms. The number of hydrogen-bond donors (Lipinski definition) is 1. The second kappa shape index (κ2) is 8.29. The minimum absolute atomic E-state index is 0.0460. The Balaban J connectivity index is 1.53. The van der Waals surface area contributed by atoms with Crippen LogP contribution in [-0.4, -0.2) is 46.6 Å². The summed E-state index contributed by atoms with van der Waals surface area (Å²) in [7, 11) is 0. The molecule has 2 heterocycles. The average Bonchev–Trinajstić information content (AvgIpc) is 3.15. The van der Waals surface area contributed by atoms with E-state index in [-0.39, 0.29) is 25.0 Å². The van der Waals surface area contributed by atoms with E-state index in [0.29, 0.717) is 30.3 Å². The van der Waals surface area contributed by atoms with Gasteiger partial charge in [-0.15, -0.1) is 0 Å². The molecule has 7 nitrogen and oxygen atoms in total. The summed E-state index contributed by atoms with van der Waals surface area (Å²) < 4.78 is 11.2. The van der Waals surface area contributed by atoms with Crippen molar-refractivity contribution < 1.29 is 24.2 Å². The predicted molar refractivity (Wildman–Crippen MR) is 102 cm³/mol. The first-order chi connectivity index (χ1) is 13.4. The van der Waals surface area contributed by atoms with Crippen LogP contribution in [-0.2, 0) is 9.59 Å². The number of carboxylic acids is 1. The number of hydrogen-bond acceptors (Lipinski definition) is 5. The molecular weight excluding hydrogens is 360 g/mol. The lowest BCUT2D eigenvalue weighted by Gasteiger charge is -2.28. The second-order valence-corrected chi connectivity index (χ2v) is 7.21. The quantitative estimate of drug-likeness (QED) is 0.788. The van der Waals surface area contributed by atoms with E-state index in [2.05, 4.69) is 4.98 Å². The van der Waals surface area contributed by atoms with Crippen molar-refractivity contribution in [2.75, 3.05) is 19.7 Å². The highest BCUT2D eigenvalue weighted by Gasteiger charge is 2.48. The third-order valence-corrected chi connectivity index (χ3v) is 5.23. The molecule has 0 radical (unpaired) electrons. The van der Waals surface area contributed by atoms with Crippen LogP contribution < -0.4 is 9.47 Å². The Hall–Kier alpha value is -3.09. The van der Waals surface area contributed by atoms with Crippen LogP contribution in [0.2, 0.25) is 0 Å². The van der Waals surface area contributed by atoms with Crippen molar-refractivity contribution >= 4 is 11.9 Å². The van der Waals surface area contributed by atoms with E-state index in [4.69, 9.17) is 9.47 Å². The zero-order chi connectivity index (χ0) is 20.1. The molecule has 7 heteroatoms. The molecule has 1 aliphatic rings. The van der Waals surface area contributed by atoms with E-state index in [1.807, 2.05) is 26.0 Å². The molecule has 3 rings (SSSR count). The number of pyridine rings is 1. The highest BCUT2D eigenvalue weighted by molar-refractivity contribution is 5.81. The fourth-order valence-corrected chi connectivity index (χ4v) is 3.31. The van der Waals surface area contributed by atoms with Crippen molar-refractivity contribution in [1.29, 1.82) is 0 Å². The number of nitrogens with zero attached hydrogens (tertiary/aromatic N) is 2. The molecule has 1 aromatic heterocycles. The minimum atomic E-state index is -0.875. The Labute approximate surface area is 163 Å². The maximum absolute atomic E-state index is 12.4. The molecule has 0 aliphatic carbocycles. The number of carbonyl (C=O) groups excluding carboxylic acids is 1. The van der Waals surface area contributed by atoms with Crippen LogP contribution in [0.4, 0.5) is 0 Å². The number of aliphatic carboxylic acids is 1. The molecule has 1 aliphatic heterocycles. The number of amides is 1. The van der Waals surface area contributed by atoms with Crippen molar-refractivity contribution in [2.24, 2.45) is 11.3 Å². The van der Waals surface area contributed by atoms with Gasteiger partial charge < -0.3 is 19.5 Å². The number of rotatable bonds is 7. The lowest BCUT2D eigenvalue weighted by Crippen LogP contribution is -2.41. The summed E-state index contributed by atoms with van der Waals surface area (Å²) in [6.07, 6.45) is 2.11. The molecule has 1 amide bonds. The van der Waals surface area contributed by atoms with Crippen LogP contribution in [0.3, 0.4) is 0 Å². The van der Waals surface area contributed by atoms with Gasteiger partial charge in [0.05, 0.1) is 5.41 Å². The van der Waals surface area contributed by atoms with Crippen LogP contribution in [0.15, 0.2) is 48.7 Å². The monoisotopic (exact) mass is 384 g/mol. The summed E-state index contributed by atoms with van der Waals surface area (Å²) >= 11 is 0. The van der Waals surface area contributed by atoms with E-state index in [1.54, 1.807) is 41.4 Å². The molecule has 1 atom stereocenters. The summed E-state index contributed by atoms with van der Waals surface area (Å²) in [5.41, 5.74) is -0.875. The van der Waals surface area contributed by atoms with Crippen molar-refractivity contribution in [3.8, 4) is 17.4 Å². The lowest BCUT2D eigenvalue weighted by atomic mass is 9.76. The first kappa shape index (κ1) is 19.7. The number of likely N-dealkylation sites (tertiary alicyclic amines) is 1. The third-order valence-electron chi connectivity index (χ3n) is 5.23. The van der Waals surface area contributed by atoms with Crippen LogP contribution in [0.1, 0.15) is 20.3 Å². The average molecular weight is 384 g/mol. The predicted octanol–water partition coefficient (Wildman–Crippen LogP) is 3.21. The number of benzene rings is 1. The SMILES string of the molecule is CC(C)C1(C(=O)O)CCN(C(=O)COc2ccc(Oc3ccccn3)cc2)C1. The van der Waals surface area contributed by atoms with Crippen LogP contribution in [0, 0.1) is 11.3 Å². The number of carboxylic acid groups (broad SMARTS) is 1. The van der Waals surface area contributed by atoms with Gasteiger partial charge in [0.25, 0.3) is 5.91 Å². The van der Waals surface area contributed by atoms with Crippen LogP contribution in [0.25, 0.3) is 0 Å². The highest BCUT2D eigenvalue weighted by Crippen LogP contribution is 2.38. The number of ether oxygens (including phenoxy) is 2. The van der Waals surface area contributed by atoms with Gasteiger partial charge in [-0.05, 0) is 42.7 Å². The molecule has 1 aromatic carbocycles. The molecule has 1 unspecified atom stereocenters. The van der Waals surface area contributed by atoms with E-state index in [9.17, 15) is 14.7 Å². The van der Waals surface area contributed by atoms with Gasteiger partial charge >= 0.3 is 5.97 Å². The van der Waals surface area contributed by atoms with Crippen LogP contribution >= 0.6 is 0 Å². The van der Waals surface area contributed by atoms with Gasteiger partial charge in [0.15, 0.2) is 6.61 Å². The molecular formula is C21H24N2O5. The second-order valence-electron chi connectivity index (χ2n) is 7.21. The Kier molecular flexibility index (Phi) is 5.82. The minimum Gasteiger partial charge on any atom is -0.484 e. The van der Waals surface area contributed by atoms with E-state index >= 15 is 0 Å². The summed E-state index contributed by atoms with van der Waals surface area (Å²) in [5.74, 6) is 0.539. The normalized spacial score (nSPS) is 18.9. The molecule has 2 aromatic rings. The standard InChI is InChI=1S/C21H24N2O5/c1-15(2)21(20(25)26)10-12-23(14-21)19(24)13-27-16-6-8-17(9-7-16)28-18-5-3-4-11-22-18/h3-9,11,15H,10,12-14H2,1-2H3,(H,25,26). The number of carbonyl (C=O) groups is 2. The molecule has 1 saturated heterocycles. The van der Waals surface area contributed by atoms with Crippen molar-refractivity contribution in [3.05, 3.63) is 48.7 Å². The topological polar surface area (TPSA) is 89.0 Å². The Morgan fingerprint density at radius 3 is 2.46 bits per heavy atom. The molecule has 0 saturated carbocycles. The van der Waals surface area contributed by atoms with Crippen molar-refractivity contribution in [3.63, 3.8) is 0 Å². The summed E-state index contributed by atoms with van der Waals surface area (Å²) in [5, 5.41) is 9.59. The van der Waals surface area contributed by atoms with Gasteiger partial charge in [0.1, 0.15) is 11.5 Å². The lowest BCUT2D eigenvalue weighted by molar-refractivity contribution is -0.151. The van der Waals surface area contributed by atoms with E-state index in [1.165, 1.54) is 0 Å². The molecule has 1 N–H and O–H groups in total. The molecule has 0 bridgehead atoms. The fraction of sp³-hybridized carbons (Fsp3) is 0.381. The van der Waals surface area contributed by atoms with Gasteiger partial charge in [0.2, 0.25) is 5.88 Å². The van der Waals surface area contributed by atoms with Crippen LogP contribution in [0.5, 0.6) is 17.4 Å². The third kappa shape index (κ3) is 4.24. The molecule has 28 heavy (non-hydrogen) atoms.